The Morgan fingerprint density at radius 1 is 0.818 bits per heavy atom. The second kappa shape index (κ2) is 8.32. The van der Waals surface area contributed by atoms with Crippen LogP contribution in [-0.4, -0.2) is 26.3 Å². The van der Waals surface area contributed by atoms with Gasteiger partial charge in [-0.15, -0.1) is 0 Å². The number of anilines is 1. The first-order valence-corrected chi connectivity index (χ1v) is 7.90. The zero-order chi connectivity index (χ0) is 15.8. The van der Waals surface area contributed by atoms with Gasteiger partial charge in [0.25, 0.3) is 0 Å². The SMILES string of the molecule is CCN(CC)c1cccc(OCCOc2ccc(C)cc2)c1. The molecular formula is C19H25NO2. The van der Waals surface area contributed by atoms with Gasteiger partial charge >= 0.3 is 0 Å². The minimum Gasteiger partial charge on any atom is -0.490 e. The molecule has 118 valence electrons. The summed E-state index contributed by atoms with van der Waals surface area (Å²) in [7, 11) is 0. The molecule has 0 bridgehead atoms. The Morgan fingerprint density at radius 3 is 2.09 bits per heavy atom. The summed E-state index contributed by atoms with van der Waals surface area (Å²) in [5.74, 6) is 1.77. The lowest BCUT2D eigenvalue weighted by molar-refractivity contribution is 0.217. The molecule has 0 aliphatic heterocycles. The fourth-order valence-electron chi connectivity index (χ4n) is 2.31. The summed E-state index contributed by atoms with van der Waals surface area (Å²) in [6.45, 7) is 9.45. The van der Waals surface area contributed by atoms with E-state index in [4.69, 9.17) is 9.47 Å². The lowest BCUT2D eigenvalue weighted by Crippen LogP contribution is -2.21. The van der Waals surface area contributed by atoms with Gasteiger partial charge in [0, 0.05) is 24.8 Å². The Bertz CT molecular complexity index is 562. The van der Waals surface area contributed by atoms with Crippen molar-refractivity contribution in [1.82, 2.24) is 0 Å². The van der Waals surface area contributed by atoms with Gasteiger partial charge in [-0.3, -0.25) is 0 Å². The van der Waals surface area contributed by atoms with Crippen molar-refractivity contribution in [1.29, 1.82) is 0 Å². The van der Waals surface area contributed by atoms with E-state index in [1.165, 1.54) is 11.3 Å². The van der Waals surface area contributed by atoms with Crippen LogP contribution in [0.3, 0.4) is 0 Å². The Hall–Kier alpha value is -2.16. The number of rotatable bonds is 8. The van der Waals surface area contributed by atoms with Gasteiger partial charge < -0.3 is 14.4 Å². The van der Waals surface area contributed by atoms with Gasteiger partial charge in [0.15, 0.2) is 0 Å². The minimum absolute atomic E-state index is 0.537. The first kappa shape index (κ1) is 16.2. The van der Waals surface area contributed by atoms with Crippen LogP contribution in [0.15, 0.2) is 48.5 Å². The first-order chi connectivity index (χ1) is 10.7. The van der Waals surface area contributed by atoms with Crippen molar-refractivity contribution in [3.8, 4) is 11.5 Å². The summed E-state index contributed by atoms with van der Waals surface area (Å²) in [5, 5.41) is 0. The van der Waals surface area contributed by atoms with Crippen molar-refractivity contribution in [2.24, 2.45) is 0 Å². The van der Waals surface area contributed by atoms with Gasteiger partial charge in [-0.25, -0.2) is 0 Å². The van der Waals surface area contributed by atoms with Gasteiger partial charge in [0.1, 0.15) is 24.7 Å². The van der Waals surface area contributed by atoms with Crippen molar-refractivity contribution in [2.45, 2.75) is 20.8 Å². The van der Waals surface area contributed by atoms with Crippen molar-refractivity contribution >= 4 is 5.69 Å². The molecule has 0 spiro atoms. The fourth-order valence-corrected chi connectivity index (χ4v) is 2.31. The molecule has 0 aliphatic carbocycles. The zero-order valence-electron chi connectivity index (χ0n) is 13.7. The van der Waals surface area contributed by atoms with E-state index in [2.05, 4.69) is 37.8 Å². The summed E-state index contributed by atoms with van der Waals surface area (Å²) in [5.41, 5.74) is 2.43. The van der Waals surface area contributed by atoms with Gasteiger partial charge in [-0.1, -0.05) is 23.8 Å². The smallest absolute Gasteiger partial charge is 0.122 e. The summed E-state index contributed by atoms with van der Waals surface area (Å²) in [6.07, 6.45) is 0. The molecule has 0 saturated heterocycles. The number of ether oxygens (including phenoxy) is 2. The Kier molecular flexibility index (Phi) is 6.13. The number of aryl methyl sites for hydroxylation is 1. The normalized spacial score (nSPS) is 10.3. The van der Waals surface area contributed by atoms with E-state index in [0.717, 1.165) is 24.6 Å². The monoisotopic (exact) mass is 299 g/mol. The maximum Gasteiger partial charge on any atom is 0.122 e. The molecule has 0 aliphatic rings. The van der Waals surface area contributed by atoms with Crippen LogP contribution in [0.25, 0.3) is 0 Å². The minimum atomic E-state index is 0.537. The number of hydrogen-bond acceptors (Lipinski definition) is 3. The Labute approximate surface area is 133 Å². The Balaban J connectivity index is 1.81. The van der Waals surface area contributed by atoms with Crippen LogP contribution >= 0.6 is 0 Å². The summed E-state index contributed by atoms with van der Waals surface area (Å²) < 4.78 is 11.4. The predicted octanol–water partition coefficient (Wildman–Crippen LogP) is 4.30. The van der Waals surface area contributed by atoms with Crippen LogP contribution in [0.2, 0.25) is 0 Å². The quantitative estimate of drug-likeness (QED) is 0.678. The first-order valence-electron chi connectivity index (χ1n) is 7.90. The maximum absolute atomic E-state index is 5.78. The molecule has 2 aromatic rings. The molecule has 0 radical (unpaired) electrons. The molecule has 3 nitrogen and oxygen atoms in total. The van der Waals surface area contributed by atoms with Crippen LogP contribution in [0.4, 0.5) is 5.69 Å². The fraction of sp³-hybridized carbons (Fsp3) is 0.368. The summed E-state index contributed by atoms with van der Waals surface area (Å²) in [4.78, 5) is 2.30. The van der Waals surface area contributed by atoms with E-state index >= 15 is 0 Å². The van der Waals surface area contributed by atoms with E-state index in [-0.39, 0.29) is 0 Å². The molecule has 2 rings (SSSR count). The second-order valence-corrected chi connectivity index (χ2v) is 5.18. The van der Waals surface area contributed by atoms with Crippen LogP contribution in [0.1, 0.15) is 19.4 Å². The highest BCUT2D eigenvalue weighted by Gasteiger charge is 2.03. The molecule has 22 heavy (non-hydrogen) atoms. The van der Waals surface area contributed by atoms with Crippen LogP contribution in [0.5, 0.6) is 11.5 Å². The molecule has 0 N–H and O–H groups in total. The van der Waals surface area contributed by atoms with E-state index in [1.807, 2.05) is 36.4 Å². The summed E-state index contributed by atoms with van der Waals surface area (Å²) in [6, 6.07) is 16.3. The van der Waals surface area contributed by atoms with Gasteiger partial charge in [0.2, 0.25) is 0 Å². The van der Waals surface area contributed by atoms with E-state index in [9.17, 15) is 0 Å². The lowest BCUT2D eigenvalue weighted by atomic mass is 10.2. The molecule has 0 unspecified atom stereocenters. The molecule has 0 amide bonds. The third kappa shape index (κ3) is 4.69. The highest BCUT2D eigenvalue weighted by Crippen LogP contribution is 2.21. The van der Waals surface area contributed by atoms with Crippen molar-refractivity contribution in [2.75, 3.05) is 31.2 Å². The molecular weight excluding hydrogens is 274 g/mol. The van der Waals surface area contributed by atoms with Crippen LogP contribution in [0, 0.1) is 6.92 Å². The van der Waals surface area contributed by atoms with E-state index < -0.39 is 0 Å². The highest BCUT2D eigenvalue weighted by atomic mass is 16.5. The molecule has 0 aromatic heterocycles. The number of hydrogen-bond donors (Lipinski definition) is 0. The molecule has 3 heteroatoms. The molecule has 0 heterocycles. The highest BCUT2D eigenvalue weighted by molar-refractivity contribution is 5.50. The van der Waals surface area contributed by atoms with Crippen molar-refractivity contribution in [3.05, 3.63) is 54.1 Å². The van der Waals surface area contributed by atoms with Crippen molar-refractivity contribution < 1.29 is 9.47 Å². The second-order valence-electron chi connectivity index (χ2n) is 5.18. The average Bonchev–Trinajstić information content (AvgIpc) is 2.55. The van der Waals surface area contributed by atoms with Gasteiger partial charge in [-0.2, -0.15) is 0 Å². The molecule has 2 aromatic carbocycles. The lowest BCUT2D eigenvalue weighted by Gasteiger charge is -2.21. The predicted molar refractivity (Wildman–Crippen MR) is 92.2 cm³/mol. The van der Waals surface area contributed by atoms with Crippen LogP contribution in [-0.2, 0) is 0 Å². The average molecular weight is 299 g/mol. The maximum atomic E-state index is 5.78. The largest absolute Gasteiger partial charge is 0.490 e. The third-order valence-corrected chi connectivity index (χ3v) is 3.59. The van der Waals surface area contributed by atoms with E-state index in [1.54, 1.807) is 0 Å². The van der Waals surface area contributed by atoms with Crippen molar-refractivity contribution in [3.63, 3.8) is 0 Å². The molecule has 0 fully saturated rings. The van der Waals surface area contributed by atoms with Gasteiger partial charge in [-0.05, 0) is 45.0 Å². The van der Waals surface area contributed by atoms with Gasteiger partial charge in [0.05, 0.1) is 0 Å². The molecule has 0 atom stereocenters. The molecule has 0 saturated carbocycles. The zero-order valence-corrected chi connectivity index (χ0v) is 13.7. The van der Waals surface area contributed by atoms with Crippen LogP contribution < -0.4 is 14.4 Å². The Morgan fingerprint density at radius 2 is 1.45 bits per heavy atom. The van der Waals surface area contributed by atoms with E-state index in [0.29, 0.717) is 13.2 Å². The topological polar surface area (TPSA) is 21.7 Å². The third-order valence-electron chi connectivity index (χ3n) is 3.59. The number of nitrogens with zero attached hydrogens (tertiary/aromatic N) is 1. The number of benzene rings is 2. The summed E-state index contributed by atoms with van der Waals surface area (Å²) >= 11 is 0. The standard InChI is InChI=1S/C19H25NO2/c1-4-20(5-2)17-7-6-8-19(15-17)22-14-13-21-18-11-9-16(3)10-12-18/h6-12,15H,4-5,13-14H2,1-3H3.